The van der Waals surface area contributed by atoms with Crippen molar-refractivity contribution in [3.63, 3.8) is 0 Å². The van der Waals surface area contributed by atoms with Crippen LogP contribution in [0.4, 0.5) is 0 Å². The van der Waals surface area contributed by atoms with E-state index in [9.17, 15) is 8.42 Å². The van der Waals surface area contributed by atoms with Crippen molar-refractivity contribution in [1.82, 2.24) is 9.21 Å². The van der Waals surface area contributed by atoms with Crippen LogP contribution in [0.3, 0.4) is 0 Å². The average Bonchev–Trinajstić information content (AvgIpc) is 2.67. The van der Waals surface area contributed by atoms with E-state index in [0.717, 1.165) is 56.7 Å². The predicted octanol–water partition coefficient (Wildman–Crippen LogP) is 3.03. The molecule has 2 aliphatic rings. The van der Waals surface area contributed by atoms with Crippen LogP contribution >= 0.6 is 24.0 Å². The molecule has 0 radical (unpaired) electrons. The molecular formula is C19H31IN4O2S. The molecule has 2 saturated heterocycles. The van der Waals surface area contributed by atoms with E-state index in [1.807, 2.05) is 12.1 Å². The maximum atomic E-state index is 12.7. The Bertz CT molecular complexity index is 723. The van der Waals surface area contributed by atoms with Gasteiger partial charge in [-0.25, -0.2) is 13.4 Å². The molecule has 0 atom stereocenters. The summed E-state index contributed by atoms with van der Waals surface area (Å²) in [7, 11) is -3.37. The number of rotatable bonds is 4. The number of piperidine rings is 2. The van der Waals surface area contributed by atoms with Crippen molar-refractivity contribution in [2.45, 2.75) is 50.5 Å². The molecule has 152 valence electrons. The van der Waals surface area contributed by atoms with E-state index in [2.05, 4.69) is 16.8 Å². The summed E-state index contributed by atoms with van der Waals surface area (Å²) >= 11 is 0. The van der Waals surface area contributed by atoms with Gasteiger partial charge in [0.1, 0.15) is 0 Å². The summed E-state index contributed by atoms with van der Waals surface area (Å²) in [5, 5.41) is 0. The Kier molecular flexibility index (Phi) is 8.36. The lowest BCUT2D eigenvalue weighted by atomic mass is 10.00. The molecule has 0 bridgehead atoms. The van der Waals surface area contributed by atoms with E-state index in [1.165, 1.54) is 0 Å². The first-order chi connectivity index (χ1) is 12.5. The smallest absolute Gasteiger partial charge is 0.243 e. The molecule has 0 aromatic heterocycles. The molecule has 2 fully saturated rings. The van der Waals surface area contributed by atoms with Crippen molar-refractivity contribution < 1.29 is 8.42 Å². The molecule has 0 amide bonds. The first-order valence-electron chi connectivity index (χ1n) is 9.61. The topological polar surface area (TPSA) is 79.0 Å². The molecular weight excluding hydrogens is 475 g/mol. The van der Waals surface area contributed by atoms with Gasteiger partial charge >= 0.3 is 0 Å². The summed E-state index contributed by atoms with van der Waals surface area (Å²) in [6.45, 7) is 5.91. The van der Waals surface area contributed by atoms with Crippen molar-refractivity contribution >= 4 is 40.0 Å². The third kappa shape index (κ3) is 5.80. The standard InChI is InChI=1S/C19H30N4O2S.HI/c1-16-9-13-22(14-10-16)19(20)21-15-17-5-7-18(8-6-17)26(24,25)23-11-3-2-4-12-23;/h5-8,16H,2-4,9-15H2,1H3,(H2,20,21);1H. The van der Waals surface area contributed by atoms with Crippen LogP contribution in [0.1, 0.15) is 44.6 Å². The highest BCUT2D eigenvalue weighted by atomic mass is 127. The summed E-state index contributed by atoms with van der Waals surface area (Å²) in [6.07, 6.45) is 5.31. The second-order valence-corrected chi connectivity index (χ2v) is 9.39. The fourth-order valence-corrected chi connectivity index (χ4v) is 5.05. The third-order valence-corrected chi connectivity index (χ3v) is 7.32. The van der Waals surface area contributed by atoms with Crippen molar-refractivity contribution in [3.05, 3.63) is 29.8 Å². The van der Waals surface area contributed by atoms with E-state index >= 15 is 0 Å². The fraction of sp³-hybridized carbons (Fsp3) is 0.632. The van der Waals surface area contributed by atoms with E-state index in [1.54, 1.807) is 16.4 Å². The van der Waals surface area contributed by atoms with Crippen LogP contribution < -0.4 is 5.73 Å². The molecule has 0 spiro atoms. The normalized spacial score (nSPS) is 20.3. The largest absolute Gasteiger partial charge is 0.370 e. The molecule has 1 aromatic carbocycles. The van der Waals surface area contributed by atoms with Crippen molar-refractivity contribution in [2.24, 2.45) is 16.6 Å². The molecule has 2 aliphatic heterocycles. The van der Waals surface area contributed by atoms with Crippen LogP contribution in [0.25, 0.3) is 0 Å². The Hall–Kier alpha value is -0.870. The van der Waals surface area contributed by atoms with Gasteiger partial charge in [0.15, 0.2) is 5.96 Å². The summed E-state index contributed by atoms with van der Waals surface area (Å²) in [5.74, 6) is 1.34. The number of sulfonamides is 1. The van der Waals surface area contributed by atoms with Crippen molar-refractivity contribution in [2.75, 3.05) is 26.2 Å². The highest BCUT2D eigenvalue weighted by molar-refractivity contribution is 14.0. The van der Waals surface area contributed by atoms with Gasteiger partial charge in [-0.15, -0.1) is 24.0 Å². The zero-order valence-electron chi connectivity index (χ0n) is 16.0. The summed E-state index contributed by atoms with van der Waals surface area (Å²) in [4.78, 5) is 6.99. The number of benzene rings is 1. The zero-order chi connectivity index (χ0) is 18.6. The summed E-state index contributed by atoms with van der Waals surface area (Å²) in [6, 6.07) is 7.05. The highest BCUT2D eigenvalue weighted by Gasteiger charge is 2.25. The minimum Gasteiger partial charge on any atom is -0.370 e. The number of aliphatic imine (C=N–C) groups is 1. The van der Waals surface area contributed by atoms with Crippen LogP contribution in [-0.4, -0.2) is 49.8 Å². The van der Waals surface area contributed by atoms with Crippen LogP contribution in [0, 0.1) is 5.92 Å². The van der Waals surface area contributed by atoms with E-state index in [4.69, 9.17) is 5.73 Å². The van der Waals surface area contributed by atoms with Crippen molar-refractivity contribution in [3.8, 4) is 0 Å². The predicted molar refractivity (Wildman–Crippen MR) is 120 cm³/mol. The van der Waals surface area contributed by atoms with Gasteiger partial charge in [-0.1, -0.05) is 25.5 Å². The van der Waals surface area contributed by atoms with Crippen molar-refractivity contribution in [1.29, 1.82) is 0 Å². The number of halogens is 1. The van der Waals surface area contributed by atoms with Gasteiger partial charge in [0.25, 0.3) is 0 Å². The molecule has 3 rings (SSSR count). The second kappa shape index (κ2) is 10.1. The van der Waals surface area contributed by atoms with Gasteiger partial charge in [0.05, 0.1) is 11.4 Å². The van der Waals surface area contributed by atoms with Gasteiger partial charge in [-0.05, 0) is 49.3 Å². The van der Waals surface area contributed by atoms with Gasteiger partial charge in [-0.2, -0.15) is 4.31 Å². The molecule has 1 aromatic rings. The number of nitrogens with zero attached hydrogens (tertiary/aromatic N) is 3. The van der Waals surface area contributed by atoms with E-state index in [0.29, 0.717) is 30.5 Å². The number of guanidine groups is 1. The summed E-state index contributed by atoms with van der Waals surface area (Å²) < 4.78 is 26.9. The molecule has 27 heavy (non-hydrogen) atoms. The Morgan fingerprint density at radius 1 is 1.07 bits per heavy atom. The maximum Gasteiger partial charge on any atom is 0.243 e. The van der Waals surface area contributed by atoms with Gasteiger partial charge in [-0.3, -0.25) is 0 Å². The zero-order valence-corrected chi connectivity index (χ0v) is 19.2. The maximum absolute atomic E-state index is 12.7. The highest BCUT2D eigenvalue weighted by Crippen LogP contribution is 2.21. The van der Waals surface area contributed by atoms with E-state index in [-0.39, 0.29) is 24.0 Å². The Balaban J connectivity index is 0.00000261. The molecule has 0 unspecified atom stereocenters. The summed E-state index contributed by atoms with van der Waals surface area (Å²) in [5.41, 5.74) is 7.08. The Morgan fingerprint density at radius 3 is 2.26 bits per heavy atom. The van der Waals surface area contributed by atoms with Gasteiger partial charge < -0.3 is 10.6 Å². The average molecular weight is 506 g/mol. The van der Waals surface area contributed by atoms with Crippen LogP contribution in [-0.2, 0) is 16.6 Å². The molecule has 6 nitrogen and oxygen atoms in total. The minimum atomic E-state index is -3.37. The molecule has 0 saturated carbocycles. The van der Waals surface area contributed by atoms with Crippen LogP contribution in [0.15, 0.2) is 34.2 Å². The number of likely N-dealkylation sites (tertiary alicyclic amines) is 1. The lowest BCUT2D eigenvalue weighted by Gasteiger charge is -2.31. The second-order valence-electron chi connectivity index (χ2n) is 7.45. The number of nitrogens with two attached hydrogens (primary N) is 1. The first kappa shape index (κ1) is 22.4. The third-order valence-electron chi connectivity index (χ3n) is 5.41. The molecule has 2 heterocycles. The van der Waals surface area contributed by atoms with Crippen LogP contribution in [0.5, 0.6) is 0 Å². The Morgan fingerprint density at radius 2 is 1.67 bits per heavy atom. The SMILES string of the molecule is CC1CCN(C(N)=NCc2ccc(S(=O)(=O)N3CCCCC3)cc2)CC1.I. The lowest BCUT2D eigenvalue weighted by Crippen LogP contribution is -2.42. The van der Waals surface area contributed by atoms with Gasteiger partial charge in [0.2, 0.25) is 10.0 Å². The fourth-order valence-electron chi connectivity index (χ4n) is 3.53. The minimum absolute atomic E-state index is 0. The number of hydrogen-bond donors (Lipinski definition) is 1. The monoisotopic (exact) mass is 506 g/mol. The Labute approximate surface area is 180 Å². The quantitative estimate of drug-likeness (QED) is 0.387. The van der Waals surface area contributed by atoms with E-state index < -0.39 is 10.0 Å². The first-order valence-corrected chi connectivity index (χ1v) is 11.0. The van der Waals surface area contributed by atoms with Gasteiger partial charge in [0, 0.05) is 26.2 Å². The molecule has 8 heteroatoms. The molecule has 2 N–H and O–H groups in total. The molecule has 0 aliphatic carbocycles. The lowest BCUT2D eigenvalue weighted by molar-refractivity contribution is 0.277. The van der Waals surface area contributed by atoms with Crippen LogP contribution in [0.2, 0.25) is 0 Å². The number of hydrogen-bond acceptors (Lipinski definition) is 3.